The van der Waals surface area contributed by atoms with E-state index in [0.717, 1.165) is 44.9 Å². The summed E-state index contributed by atoms with van der Waals surface area (Å²) in [5.74, 6) is -0.902. The standard InChI is InChI=1S/C40H72NO9P/c1-3-5-7-9-11-13-14-15-17-19-21-27-31-40(43)49-36(35-48-51(44,45)47-33-32-41)34-46-39(42)30-26-23-22-25-29-38-37(50-38)28-24-20-18-16-12-10-8-6-4-2/h12,16,20,22,24-25,36-38H,3-11,13-15,17-19,21,23,26-35,41H2,1-2H3,(H,44,45)/b16-12-,24-20-,25-22-/t36-,37?,38?/m1/s1. The second-order valence-corrected chi connectivity index (χ2v) is 15.0. The van der Waals surface area contributed by atoms with Gasteiger partial charge < -0.3 is 24.8 Å². The molecule has 1 fully saturated rings. The number of phosphoric ester groups is 1. The van der Waals surface area contributed by atoms with Gasteiger partial charge in [0.1, 0.15) is 6.61 Å². The maximum atomic E-state index is 12.5. The highest BCUT2D eigenvalue weighted by Gasteiger charge is 2.36. The summed E-state index contributed by atoms with van der Waals surface area (Å²) in [5, 5.41) is 0. The van der Waals surface area contributed by atoms with E-state index in [4.69, 9.17) is 29.0 Å². The third kappa shape index (κ3) is 30.4. The van der Waals surface area contributed by atoms with E-state index in [1.54, 1.807) is 0 Å². The zero-order valence-corrected chi connectivity index (χ0v) is 32.9. The fraction of sp³-hybridized carbons (Fsp3) is 0.800. The summed E-state index contributed by atoms with van der Waals surface area (Å²) in [6.07, 6.45) is 36.3. The molecular formula is C40H72NO9P. The van der Waals surface area contributed by atoms with Crippen LogP contribution in [-0.2, 0) is 37.4 Å². The fourth-order valence-electron chi connectivity index (χ4n) is 5.55. The molecular weight excluding hydrogens is 669 g/mol. The van der Waals surface area contributed by atoms with E-state index in [1.807, 2.05) is 0 Å². The Labute approximate surface area is 309 Å². The number of carbonyl (C=O) groups excluding carboxylic acids is 2. The van der Waals surface area contributed by atoms with Crippen LogP contribution in [0.5, 0.6) is 0 Å². The molecule has 3 unspecified atom stereocenters. The predicted molar refractivity (Wildman–Crippen MR) is 205 cm³/mol. The third-order valence-corrected chi connectivity index (χ3v) is 9.67. The summed E-state index contributed by atoms with van der Waals surface area (Å²) < 4.78 is 38.4. The van der Waals surface area contributed by atoms with Crippen LogP contribution >= 0.6 is 7.82 Å². The SMILES string of the molecule is CCCCC/C=C\C/C=C\CC1OC1C/C=C\CCCC(=O)OC[C@H](COP(=O)(O)OCCN)OC(=O)CCCCCCCCCCCCCC. The summed E-state index contributed by atoms with van der Waals surface area (Å²) in [5.41, 5.74) is 5.33. The van der Waals surface area contributed by atoms with Crippen molar-refractivity contribution in [2.45, 2.75) is 180 Å². The molecule has 1 aliphatic heterocycles. The Morgan fingerprint density at radius 2 is 1.22 bits per heavy atom. The smallest absolute Gasteiger partial charge is 0.462 e. The molecule has 0 aromatic rings. The molecule has 1 saturated heterocycles. The lowest BCUT2D eigenvalue weighted by Gasteiger charge is -2.19. The number of esters is 2. The molecule has 3 N–H and O–H groups in total. The number of nitrogens with two attached hydrogens (primary N) is 1. The average molecular weight is 742 g/mol. The van der Waals surface area contributed by atoms with Crippen LogP contribution in [0.4, 0.5) is 0 Å². The average Bonchev–Trinajstić information content (AvgIpc) is 3.87. The number of hydrogen-bond acceptors (Lipinski definition) is 9. The molecule has 10 nitrogen and oxygen atoms in total. The third-order valence-electron chi connectivity index (χ3n) is 8.68. The monoisotopic (exact) mass is 741 g/mol. The van der Waals surface area contributed by atoms with E-state index in [1.165, 1.54) is 77.0 Å². The van der Waals surface area contributed by atoms with Gasteiger partial charge in [0.15, 0.2) is 6.10 Å². The van der Waals surface area contributed by atoms with E-state index >= 15 is 0 Å². The summed E-state index contributed by atoms with van der Waals surface area (Å²) in [7, 11) is -4.39. The number of rotatable bonds is 36. The lowest BCUT2D eigenvalue weighted by Crippen LogP contribution is -2.29. The largest absolute Gasteiger partial charge is 0.472 e. The van der Waals surface area contributed by atoms with Gasteiger partial charge in [-0.25, -0.2) is 4.57 Å². The summed E-state index contributed by atoms with van der Waals surface area (Å²) in [6, 6.07) is 0. The Bertz CT molecular complexity index is 1000. The molecule has 1 heterocycles. The Morgan fingerprint density at radius 1 is 0.686 bits per heavy atom. The van der Waals surface area contributed by atoms with Crippen LogP contribution < -0.4 is 5.73 Å². The van der Waals surface area contributed by atoms with Gasteiger partial charge in [0.25, 0.3) is 0 Å². The van der Waals surface area contributed by atoms with Crippen LogP contribution in [0.1, 0.15) is 162 Å². The lowest BCUT2D eigenvalue weighted by molar-refractivity contribution is -0.161. The van der Waals surface area contributed by atoms with Gasteiger partial charge >= 0.3 is 19.8 Å². The van der Waals surface area contributed by atoms with Crippen molar-refractivity contribution >= 4 is 19.8 Å². The van der Waals surface area contributed by atoms with Crippen LogP contribution in [-0.4, -0.2) is 61.5 Å². The van der Waals surface area contributed by atoms with Crippen LogP contribution in [0.3, 0.4) is 0 Å². The van der Waals surface area contributed by atoms with Crippen molar-refractivity contribution in [2.24, 2.45) is 5.73 Å². The molecule has 0 amide bonds. The van der Waals surface area contributed by atoms with Crippen molar-refractivity contribution in [3.63, 3.8) is 0 Å². The first-order chi connectivity index (χ1) is 24.8. The number of epoxide rings is 1. The Hall–Kier alpha value is -1.81. The number of carbonyl (C=O) groups is 2. The zero-order valence-electron chi connectivity index (χ0n) is 32.0. The van der Waals surface area contributed by atoms with Crippen LogP contribution in [0.15, 0.2) is 36.5 Å². The number of unbranched alkanes of at least 4 members (excludes halogenated alkanes) is 15. The van der Waals surface area contributed by atoms with Gasteiger partial charge in [0.2, 0.25) is 0 Å². The van der Waals surface area contributed by atoms with Crippen molar-refractivity contribution in [3.05, 3.63) is 36.5 Å². The molecule has 0 saturated carbocycles. The van der Waals surface area contributed by atoms with Gasteiger partial charge in [-0.05, 0) is 51.4 Å². The number of allylic oxidation sites excluding steroid dienone is 4. The molecule has 0 bridgehead atoms. The van der Waals surface area contributed by atoms with Crippen LogP contribution in [0.25, 0.3) is 0 Å². The second kappa shape index (κ2) is 32.8. The van der Waals surface area contributed by atoms with Crippen LogP contribution in [0.2, 0.25) is 0 Å². The quantitative estimate of drug-likeness (QED) is 0.0209. The Kier molecular flexibility index (Phi) is 30.4. The maximum Gasteiger partial charge on any atom is 0.472 e. The first-order valence-corrected chi connectivity index (χ1v) is 21.6. The van der Waals surface area contributed by atoms with Gasteiger partial charge in [-0.15, -0.1) is 0 Å². The highest BCUT2D eigenvalue weighted by molar-refractivity contribution is 7.47. The lowest BCUT2D eigenvalue weighted by atomic mass is 10.0. The molecule has 0 aliphatic carbocycles. The van der Waals surface area contributed by atoms with Gasteiger partial charge in [0.05, 0.1) is 25.4 Å². The van der Waals surface area contributed by atoms with Gasteiger partial charge in [-0.3, -0.25) is 18.6 Å². The molecule has 1 aliphatic rings. The molecule has 296 valence electrons. The molecule has 0 aromatic carbocycles. The van der Waals surface area contributed by atoms with E-state index in [-0.39, 0.29) is 44.8 Å². The van der Waals surface area contributed by atoms with E-state index in [9.17, 15) is 19.0 Å². The highest BCUT2D eigenvalue weighted by Crippen LogP contribution is 2.43. The van der Waals surface area contributed by atoms with Crippen molar-refractivity contribution < 1.29 is 42.3 Å². The first kappa shape index (κ1) is 47.2. The molecule has 0 spiro atoms. The molecule has 11 heteroatoms. The van der Waals surface area contributed by atoms with Crippen molar-refractivity contribution in [3.8, 4) is 0 Å². The highest BCUT2D eigenvalue weighted by atomic mass is 31.2. The number of hydrogen-bond donors (Lipinski definition) is 2. The summed E-state index contributed by atoms with van der Waals surface area (Å²) >= 11 is 0. The molecule has 1 rings (SSSR count). The van der Waals surface area contributed by atoms with Gasteiger partial charge in [-0.2, -0.15) is 0 Å². The van der Waals surface area contributed by atoms with E-state index in [0.29, 0.717) is 12.8 Å². The second-order valence-electron chi connectivity index (χ2n) is 13.5. The van der Waals surface area contributed by atoms with Crippen LogP contribution in [0, 0.1) is 0 Å². The van der Waals surface area contributed by atoms with E-state index in [2.05, 4.69) is 50.3 Å². The first-order valence-electron chi connectivity index (χ1n) is 20.1. The van der Waals surface area contributed by atoms with E-state index < -0.39 is 32.5 Å². The van der Waals surface area contributed by atoms with Gasteiger partial charge in [0, 0.05) is 19.4 Å². The molecule has 0 radical (unpaired) electrons. The number of ether oxygens (including phenoxy) is 3. The predicted octanol–water partition coefficient (Wildman–Crippen LogP) is 9.98. The molecule has 0 aromatic heterocycles. The zero-order chi connectivity index (χ0) is 37.3. The molecule has 51 heavy (non-hydrogen) atoms. The van der Waals surface area contributed by atoms with Crippen molar-refractivity contribution in [2.75, 3.05) is 26.4 Å². The fourth-order valence-corrected chi connectivity index (χ4v) is 6.32. The summed E-state index contributed by atoms with van der Waals surface area (Å²) in [4.78, 5) is 34.8. The molecule has 4 atom stereocenters. The summed E-state index contributed by atoms with van der Waals surface area (Å²) in [6.45, 7) is 3.61. The topological polar surface area (TPSA) is 147 Å². The minimum atomic E-state index is -4.39. The minimum Gasteiger partial charge on any atom is -0.462 e. The van der Waals surface area contributed by atoms with Crippen molar-refractivity contribution in [1.82, 2.24) is 0 Å². The minimum absolute atomic E-state index is 0.0439. The Morgan fingerprint density at radius 3 is 1.86 bits per heavy atom. The Balaban J connectivity index is 2.25. The maximum absolute atomic E-state index is 12.5. The normalized spacial score (nSPS) is 17.7. The van der Waals surface area contributed by atoms with Gasteiger partial charge in [-0.1, -0.05) is 134 Å². The van der Waals surface area contributed by atoms with Crippen molar-refractivity contribution in [1.29, 1.82) is 0 Å². The number of phosphoric acid groups is 1.